The van der Waals surface area contributed by atoms with Crippen LogP contribution >= 0.6 is 11.3 Å². The average Bonchev–Trinajstić information content (AvgIpc) is 3.73. The van der Waals surface area contributed by atoms with E-state index in [2.05, 4.69) is 169 Å². The Balaban J connectivity index is 1.11. The van der Waals surface area contributed by atoms with E-state index in [0.29, 0.717) is 0 Å². The molecule has 0 saturated carbocycles. The van der Waals surface area contributed by atoms with E-state index in [0.717, 1.165) is 50.1 Å². The van der Waals surface area contributed by atoms with Crippen molar-refractivity contribution in [1.82, 2.24) is 0 Å². The van der Waals surface area contributed by atoms with Gasteiger partial charge in [-0.1, -0.05) is 109 Å². The number of hydrogen-bond acceptors (Lipinski definition) is 3. The number of para-hydroxylation sites is 1. The molecule has 0 aliphatic heterocycles. The van der Waals surface area contributed by atoms with Crippen molar-refractivity contribution in [3.05, 3.63) is 176 Å². The van der Waals surface area contributed by atoms with Crippen LogP contribution in [-0.2, 0) is 0 Å². The van der Waals surface area contributed by atoms with Crippen molar-refractivity contribution in [1.29, 1.82) is 0 Å². The van der Waals surface area contributed by atoms with E-state index in [1.54, 1.807) is 0 Å². The van der Waals surface area contributed by atoms with Gasteiger partial charge in [0.25, 0.3) is 0 Å². The molecule has 0 aliphatic carbocycles. The fourth-order valence-electron chi connectivity index (χ4n) is 7.30. The molecule has 8 aromatic carbocycles. The van der Waals surface area contributed by atoms with Crippen molar-refractivity contribution in [2.24, 2.45) is 0 Å². The predicted molar refractivity (Wildman–Crippen MR) is 210 cm³/mol. The first-order valence-corrected chi connectivity index (χ1v) is 17.4. The van der Waals surface area contributed by atoms with Crippen molar-refractivity contribution in [2.45, 2.75) is 0 Å². The van der Waals surface area contributed by atoms with Crippen molar-refractivity contribution < 1.29 is 4.42 Å². The van der Waals surface area contributed by atoms with Crippen LogP contribution in [-0.4, -0.2) is 0 Å². The van der Waals surface area contributed by atoms with E-state index in [4.69, 9.17) is 4.42 Å². The van der Waals surface area contributed by atoms with Gasteiger partial charge in [0.05, 0.1) is 0 Å². The van der Waals surface area contributed by atoms with Gasteiger partial charge in [-0.05, 0) is 99.8 Å². The second-order valence-electron chi connectivity index (χ2n) is 12.5. The highest BCUT2D eigenvalue weighted by Crippen LogP contribution is 2.42. The lowest BCUT2D eigenvalue weighted by atomic mass is 9.97. The summed E-state index contributed by atoms with van der Waals surface area (Å²) in [5.74, 6) is 0. The number of nitrogens with zero attached hydrogens (tertiary/aromatic N) is 1. The lowest BCUT2D eigenvalue weighted by Crippen LogP contribution is -2.10. The molecule has 0 unspecified atom stereocenters. The molecular weight excluding hydrogens is 615 g/mol. The van der Waals surface area contributed by atoms with Crippen molar-refractivity contribution in [3.63, 3.8) is 0 Å². The quantitative estimate of drug-likeness (QED) is 0.186. The molecule has 0 saturated heterocycles. The van der Waals surface area contributed by atoms with E-state index in [1.807, 2.05) is 23.5 Å². The summed E-state index contributed by atoms with van der Waals surface area (Å²) in [4.78, 5) is 2.38. The predicted octanol–water partition coefficient (Wildman–Crippen LogP) is 13.9. The Morgan fingerprint density at radius 1 is 0.367 bits per heavy atom. The van der Waals surface area contributed by atoms with Crippen LogP contribution in [0.1, 0.15) is 0 Å². The van der Waals surface area contributed by atoms with Crippen LogP contribution in [0, 0.1) is 0 Å². The van der Waals surface area contributed by atoms with Crippen molar-refractivity contribution in [2.75, 3.05) is 4.90 Å². The molecule has 0 radical (unpaired) electrons. The molecule has 230 valence electrons. The molecule has 0 spiro atoms. The van der Waals surface area contributed by atoms with E-state index in [1.165, 1.54) is 42.1 Å². The minimum absolute atomic E-state index is 0.908. The second kappa shape index (κ2) is 11.2. The number of rotatable bonds is 5. The summed E-state index contributed by atoms with van der Waals surface area (Å²) in [5.41, 5.74) is 9.87. The third-order valence-corrected chi connectivity index (χ3v) is 10.8. The van der Waals surface area contributed by atoms with Crippen LogP contribution < -0.4 is 4.90 Å². The molecule has 0 N–H and O–H groups in total. The molecule has 0 amide bonds. The van der Waals surface area contributed by atoms with Crippen molar-refractivity contribution in [3.8, 4) is 22.3 Å². The summed E-state index contributed by atoms with van der Waals surface area (Å²) in [6, 6.07) is 63.4. The van der Waals surface area contributed by atoms with Crippen LogP contribution in [0.2, 0.25) is 0 Å². The number of furan rings is 1. The number of hydrogen-bond donors (Lipinski definition) is 0. The van der Waals surface area contributed by atoms with Gasteiger partial charge in [-0.3, -0.25) is 0 Å². The standard InChI is InChI=1S/C46H29NOS/c1-2-13-37-31(9-1)10-8-16-38(37)33-11-7-12-35(27-33)47(36-24-26-46-42(29-36)41-15-4-6-18-45(41)49-46)34-22-19-30(20-23-34)32-21-25-40-39-14-3-5-17-43(39)48-44(40)28-32/h1-29H. The Morgan fingerprint density at radius 3 is 1.96 bits per heavy atom. The smallest absolute Gasteiger partial charge is 0.136 e. The largest absolute Gasteiger partial charge is 0.456 e. The maximum atomic E-state index is 6.22. The van der Waals surface area contributed by atoms with E-state index in [-0.39, 0.29) is 0 Å². The number of benzene rings is 8. The molecule has 3 heteroatoms. The molecule has 0 atom stereocenters. The zero-order valence-corrected chi connectivity index (χ0v) is 27.3. The van der Waals surface area contributed by atoms with Crippen molar-refractivity contribution >= 4 is 81.3 Å². The van der Waals surface area contributed by atoms with Crippen LogP contribution in [0.15, 0.2) is 180 Å². The van der Waals surface area contributed by atoms with E-state index < -0.39 is 0 Å². The number of fused-ring (bicyclic) bond motifs is 7. The van der Waals surface area contributed by atoms with Crippen LogP contribution in [0.3, 0.4) is 0 Å². The number of anilines is 3. The fourth-order valence-corrected chi connectivity index (χ4v) is 8.38. The summed E-state index contributed by atoms with van der Waals surface area (Å²) in [7, 11) is 0. The van der Waals surface area contributed by atoms with Crippen LogP contribution in [0.5, 0.6) is 0 Å². The Hall–Kier alpha value is -6.16. The Bertz CT molecular complexity index is 2840. The molecule has 2 nitrogen and oxygen atoms in total. The minimum Gasteiger partial charge on any atom is -0.456 e. The van der Waals surface area contributed by atoms with E-state index in [9.17, 15) is 0 Å². The summed E-state index contributed by atoms with van der Waals surface area (Å²) in [6.45, 7) is 0. The molecule has 2 aromatic heterocycles. The highest BCUT2D eigenvalue weighted by molar-refractivity contribution is 7.25. The highest BCUT2D eigenvalue weighted by atomic mass is 32.1. The Kier molecular flexibility index (Phi) is 6.39. The third kappa shape index (κ3) is 4.70. The SMILES string of the molecule is c1cc(-c2cccc3ccccc23)cc(N(c2ccc(-c3ccc4c(c3)oc3ccccc34)cc2)c2ccc3sc4ccccc4c3c2)c1. The molecule has 0 fully saturated rings. The topological polar surface area (TPSA) is 16.4 Å². The lowest BCUT2D eigenvalue weighted by molar-refractivity contribution is 0.669. The molecular formula is C46H29NOS. The lowest BCUT2D eigenvalue weighted by Gasteiger charge is -2.26. The molecule has 49 heavy (non-hydrogen) atoms. The first-order valence-electron chi connectivity index (χ1n) is 16.6. The Labute approximate surface area is 287 Å². The van der Waals surface area contributed by atoms with Gasteiger partial charge in [-0.15, -0.1) is 11.3 Å². The monoisotopic (exact) mass is 643 g/mol. The fraction of sp³-hybridized carbons (Fsp3) is 0. The summed E-state index contributed by atoms with van der Waals surface area (Å²) in [5, 5.41) is 7.37. The molecule has 10 aromatic rings. The van der Waals surface area contributed by atoms with Gasteiger partial charge in [-0.25, -0.2) is 0 Å². The first-order chi connectivity index (χ1) is 24.3. The minimum atomic E-state index is 0.908. The van der Waals surface area contributed by atoms with Gasteiger partial charge in [0, 0.05) is 48.0 Å². The third-order valence-electron chi connectivity index (χ3n) is 9.66. The van der Waals surface area contributed by atoms with Crippen LogP contribution in [0.25, 0.3) is 75.1 Å². The van der Waals surface area contributed by atoms with Gasteiger partial charge in [0.15, 0.2) is 0 Å². The summed E-state index contributed by atoms with van der Waals surface area (Å²) >= 11 is 1.85. The molecule has 2 heterocycles. The maximum Gasteiger partial charge on any atom is 0.136 e. The van der Waals surface area contributed by atoms with E-state index >= 15 is 0 Å². The van der Waals surface area contributed by atoms with Crippen LogP contribution in [0.4, 0.5) is 17.1 Å². The normalized spacial score (nSPS) is 11.7. The average molecular weight is 644 g/mol. The van der Waals surface area contributed by atoms with Gasteiger partial charge in [0.2, 0.25) is 0 Å². The van der Waals surface area contributed by atoms with Gasteiger partial charge >= 0.3 is 0 Å². The van der Waals surface area contributed by atoms with Gasteiger partial charge in [0.1, 0.15) is 11.2 Å². The number of thiophene rings is 1. The zero-order valence-electron chi connectivity index (χ0n) is 26.5. The maximum absolute atomic E-state index is 6.22. The highest BCUT2D eigenvalue weighted by Gasteiger charge is 2.17. The summed E-state index contributed by atoms with van der Waals surface area (Å²) in [6.07, 6.45) is 0. The first kappa shape index (κ1) is 27.9. The van der Waals surface area contributed by atoms with Gasteiger partial charge in [-0.2, -0.15) is 0 Å². The molecule has 0 aliphatic rings. The van der Waals surface area contributed by atoms with Gasteiger partial charge < -0.3 is 9.32 Å². The Morgan fingerprint density at radius 2 is 1.04 bits per heavy atom. The summed E-state index contributed by atoms with van der Waals surface area (Å²) < 4.78 is 8.83. The molecule has 0 bridgehead atoms. The zero-order chi connectivity index (χ0) is 32.3. The molecule has 10 rings (SSSR count). The second-order valence-corrected chi connectivity index (χ2v) is 13.6.